The summed E-state index contributed by atoms with van der Waals surface area (Å²) in [5.74, 6) is -2.39. The predicted molar refractivity (Wildman–Crippen MR) is 180 cm³/mol. The molecule has 4 N–H and O–H groups in total. The molecule has 46 heavy (non-hydrogen) atoms. The molecule has 0 spiro atoms. The molecule has 0 aliphatic carbocycles. The molecule has 0 fully saturated rings. The molecule has 0 saturated carbocycles. The molecule has 0 aromatic carbocycles. The Balaban J connectivity index is 4.49. The van der Waals surface area contributed by atoms with Crippen molar-refractivity contribution < 1.29 is 47.5 Å². The van der Waals surface area contributed by atoms with Gasteiger partial charge in [0.1, 0.15) is 12.6 Å². The number of aliphatic carboxylic acids is 1. The van der Waals surface area contributed by atoms with Crippen LogP contribution in [0.5, 0.6) is 0 Å². The van der Waals surface area contributed by atoms with Gasteiger partial charge in [-0.15, -0.1) is 0 Å². The molecule has 0 aliphatic heterocycles. The first kappa shape index (κ1) is 44.2. The summed E-state index contributed by atoms with van der Waals surface area (Å²) in [4.78, 5) is 45.5. The summed E-state index contributed by atoms with van der Waals surface area (Å²) in [6, 6.07) is -1.52. The van der Waals surface area contributed by atoms with E-state index >= 15 is 0 Å². The van der Waals surface area contributed by atoms with Gasteiger partial charge in [0, 0.05) is 12.8 Å². The molecular formula is C34H64NO10P. The second-order valence-corrected chi connectivity index (χ2v) is 13.5. The molecule has 0 bridgehead atoms. The number of phosphoric acid groups is 1. The summed E-state index contributed by atoms with van der Waals surface area (Å²) < 4.78 is 32.4. The van der Waals surface area contributed by atoms with Gasteiger partial charge in [-0.05, 0) is 32.1 Å². The number of hydrogen-bond donors (Lipinski definition) is 3. The predicted octanol–water partition coefficient (Wildman–Crippen LogP) is 8.17. The van der Waals surface area contributed by atoms with E-state index in [2.05, 4.69) is 30.5 Å². The third-order valence-corrected chi connectivity index (χ3v) is 8.46. The number of carbonyl (C=O) groups excluding carboxylic acids is 2. The van der Waals surface area contributed by atoms with Crippen molar-refractivity contribution >= 4 is 25.7 Å². The Morgan fingerprint density at radius 2 is 1.11 bits per heavy atom. The molecule has 0 aromatic heterocycles. The number of carboxylic acid groups (broad SMARTS) is 1. The van der Waals surface area contributed by atoms with Crippen molar-refractivity contribution in [3.63, 3.8) is 0 Å². The maximum Gasteiger partial charge on any atom is 0.472 e. The highest BCUT2D eigenvalue weighted by atomic mass is 31.2. The lowest BCUT2D eigenvalue weighted by atomic mass is 10.1. The average molecular weight is 678 g/mol. The summed E-state index contributed by atoms with van der Waals surface area (Å²) in [5, 5.41) is 8.83. The second kappa shape index (κ2) is 30.5. The van der Waals surface area contributed by atoms with E-state index in [1.807, 2.05) is 0 Å². The maximum absolute atomic E-state index is 12.5. The summed E-state index contributed by atoms with van der Waals surface area (Å²) >= 11 is 0. The Kier molecular flexibility index (Phi) is 29.4. The monoisotopic (exact) mass is 677 g/mol. The van der Waals surface area contributed by atoms with Crippen LogP contribution in [0.1, 0.15) is 155 Å². The summed E-state index contributed by atoms with van der Waals surface area (Å²) in [5.41, 5.74) is 5.30. The number of rotatable bonds is 33. The molecule has 0 aromatic rings. The fraction of sp³-hybridized carbons (Fsp3) is 0.853. The number of ether oxygens (including phenoxy) is 2. The van der Waals surface area contributed by atoms with Crippen LogP contribution in [-0.4, -0.2) is 59.9 Å². The summed E-state index contributed by atoms with van der Waals surface area (Å²) in [6.07, 6.45) is 25.8. The van der Waals surface area contributed by atoms with Crippen LogP contribution in [0.25, 0.3) is 0 Å². The zero-order chi connectivity index (χ0) is 34.3. The number of allylic oxidation sites excluding steroid dienone is 2. The zero-order valence-electron chi connectivity index (χ0n) is 28.7. The normalized spacial score (nSPS) is 14.2. The molecule has 0 aliphatic rings. The highest BCUT2D eigenvalue weighted by molar-refractivity contribution is 7.47. The number of unbranched alkanes of at least 4 members (excludes halogenated alkanes) is 17. The van der Waals surface area contributed by atoms with Crippen molar-refractivity contribution in [3.05, 3.63) is 12.2 Å². The maximum atomic E-state index is 12.5. The van der Waals surface area contributed by atoms with Gasteiger partial charge >= 0.3 is 25.7 Å². The third-order valence-electron chi connectivity index (χ3n) is 7.51. The largest absolute Gasteiger partial charge is 0.480 e. The van der Waals surface area contributed by atoms with Gasteiger partial charge < -0.3 is 25.2 Å². The SMILES string of the molecule is CCCC/C=C/CCCCCCCC(=O)OC[C@H](COP(=O)(O)OC[C@H](N)C(=O)O)OC(=O)CCCCCCCCCCCCC. The van der Waals surface area contributed by atoms with E-state index < -0.39 is 51.1 Å². The van der Waals surface area contributed by atoms with Crippen LogP contribution in [0.2, 0.25) is 0 Å². The van der Waals surface area contributed by atoms with Crippen LogP contribution in [-0.2, 0) is 37.5 Å². The molecule has 11 nitrogen and oxygen atoms in total. The molecule has 0 radical (unpaired) electrons. The van der Waals surface area contributed by atoms with Crippen LogP contribution in [0, 0.1) is 0 Å². The highest BCUT2D eigenvalue weighted by Gasteiger charge is 2.28. The quantitative estimate of drug-likeness (QED) is 0.0265. The molecule has 0 heterocycles. The van der Waals surface area contributed by atoms with Crippen molar-refractivity contribution in [2.45, 2.75) is 167 Å². The lowest BCUT2D eigenvalue weighted by Gasteiger charge is -2.20. The fourth-order valence-electron chi connectivity index (χ4n) is 4.63. The Morgan fingerprint density at radius 3 is 1.65 bits per heavy atom. The molecule has 270 valence electrons. The number of esters is 2. The van der Waals surface area contributed by atoms with E-state index in [9.17, 15) is 23.8 Å². The lowest BCUT2D eigenvalue weighted by Crippen LogP contribution is -2.34. The number of hydrogen-bond acceptors (Lipinski definition) is 9. The number of phosphoric ester groups is 1. The zero-order valence-corrected chi connectivity index (χ0v) is 29.6. The average Bonchev–Trinajstić information content (AvgIpc) is 3.02. The van der Waals surface area contributed by atoms with Crippen LogP contribution in [0.3, 0.4) is 0 Å². The Bertz CT molecular complexity index is 854. The first-order valence-electron chi connectivity index (χ1n) is 17.7. The van der Waals surface area contributed by atoms with Gasteiger partial charge in [-0.3, -0.25) is 23.4 Å². The van der Waals surface area contributed by atoms with Crippen molar-refractivity contribution in [1.29, 1.82) is 0 Å². The lowest BCUT2D eigenvalue weighted by molar-refractivity contribution is -0.161. The van der Waals surface area contributed by atoms with Gasteiger partial charge in [-0.1, -0.05) is 122 Å². The summed E-state index contributed by atoms with van der Waals surface area (Å²) in [7, 11) is -4.70. The van der Waals surface area contributed by atoms with E-state index in [0.29, 0.717) is 12.8 Å². The minimum absolute atomic E-state index is 0.163. The number of nitrogens with two attached hydrogens (primary N) is 1. The van der Waals surface area contributed by atoms with E-state index in [4.69, 9.17) is 24.8 Å². The number of carboxylic acids is 1. The third kappa shape index (κ3) is 29.6. The summed E-state index contributed by atoms with van der Waals surface area (Å²) in [6.45, 7) is 2.72. The van der Waals surface area contributed by atoms with Crippen LogP contribution in [0.15, 0.2) is 12.2 Å². The van der Waals surface area contributed by atoms with Crippen molar-refractivity contribution in [2.75, 3.05) is 19.8 Å². The van der Waals surface area contributed by atoms with Crippen LogP contribution >= 0.6 is 7.82 Å². The molecule has 3 atom stereocenters. The molecule has 12 heteroatoms. The minimum Gasteiger partial charge on any atom is -0.480 e. The van der Waals surface area contributed by atoms with Crippen molar-refractivity contribution in [1.82, 2.24) is 0 Å². The standard InChI is InChI=1S/C34H64NO10P/c1-3-5-7-9-11-13-15-17-19-21-23-25-32(36)42-27-30(28-43-46(40,41)44-29-31(35)34(38)39)45-33(37)26-24-22-20-18-16-14-12-10-8-6-4-2/h9,11,30-31H,3-8,10,12-29,35H2,1-2H3,(H,38,39)(H,40,41)/b11-9+/t30-,31+/m1/s1. The second-order valence-electron chi connectivity index (χ2n) is 12.0. The molecule has 1 unspecified atom stereocenters. The smallest absolute Gasteiger partial charge is 0.472 e. The minimum atomic E-state index is -4.70. The topological polar surface area (TPSA) is 172 Å². The van der Waals surface area contributed by atoms with E-state index in [-0.39, 0.29) is 19.4 Å². The van der Waals surface area contributed by atoms with E-state index in [1.165, 1.54) is 57.8 Å². The van der Waals surface area contributed by atoms with Gasteiger partial charge in [0.15, 0.2) is 6.10 Å². The van der Waals surface area contributed by atoms with Gasteiger partial charge in [-0.25, -0.2) is 4.57 Å². The fourth-order valence-corrected chi connectivity index (χ4v) is 5.41. The number of carbonyl (C=O) groups is 3. The molecular weight excluding hydrogens is 613 g/mol. The van der Waals surface area contributed by atoms with Gasteiger partial charge in [0.25, 0.3) is 0 Å². The molecule has 0 amide bonds. The first-order chi connectivity index (χ1) is 22.1. The van der Waals surface area contributed by atoms with E-state index in [1.54, 1.807) is 0 Å². The van der Waals surface area contributed by atoms with E-state index in [0.717, 1.165) is 57.8 Å². The Labute approximate surface area is 278 Å². The Hall–Kier alpha value is -1.78. The van der Waals surface area contributed by atoms with Gasteiger partial charge in [0.05, 0.1) is 13.2 Å². The first-order valence-corrected chi connectivity index (χ1v) is 19.2. The highest BCUT2D eigenvalue weighted by Crippen LogP contribution is 2.43. The van der Waals surface area contributed by atoms with Crippen LogP contribution in [0.4, 0.5) is 0 Å². The Morgan fingerprint density at radius 1 is 0.652 bits per heavy atom. The molecule has 0 saturated heterocycles. The van der Waals surface area contributed by atoms with Crippen molar-refractivity contribution in [3.8, 4) is 0 Å². The molecule has 0 rings (SSSR count). The van der Waals surface area contributed by atoms with Crippen LogP contribution < -0.4 is 5.73 Å². The van der Waals surface area contributed by atoms with Gasteiger partial charge in [0.2, 0.25) is 0 Å². The van der Waals surface area contributed by atoms with Crippen molar-refractivity contribution in [2.24, 2.45) is 5.73 Å². The van der Waals surface area contributed by atoms with Gasteiger partial charge in [-0.2, -0.15) is 0 Å².